The lowest BCUT2D eigenvalue weighted by Gasteiger charge is -2.37. The molecule has 0 aromatic carbocycles. The number of esters is 1. The molecular weight excluding hydrogens is 276 g/mol. The van der Waals surface area contributed by atoms with Crippen molar-refractivity contribution >= 4 is 11.8 Å². The fourth-order valence-electron chi connectivity index (χ4n) is 5.47. The van der Waals surface area contributed by atoms with Crippen LogP contribution in [0.2, 0.25) is 0 Å². The topological polar surface area (TPSA) is 43.4 Å². The van der Waals surface area contributed by atoms with Crippen LogP contribution in [0.25, 0.3) is 0 Å². The van der Waals surface area contributed by atoms with Crippen molar-refractivity contribution in [1.29, 1.82) is 0 Å². The molecule has 3 heteroatoms. The van der Waals surface area contributed by atoms with Crippen molar-refractivity contribution in [2.45, 2.75) is 72.8 Å². The molecule has 0 spiro atoms. The van der Waals surface area contributed by atoms with E-state index in [0.29, 0.717) is 24.2 Å². The normalized spacial score (nSPS) is 43.1. The smallest absolute Gasteiger partial charge is 0.320 e. The number of hydrogen-bond donors (Lipinski definition) is 0. The van der Waals surface area contributed by atoms with Crippen molar-refractivity contribution < 1.29 is 14.3 Å². The summed E-state index contributed by atoms with van der Waals surface area (Å²) in [4.78, 5) is 25.4. The van der Waals surface area contributed by atoms with E-state index >= 15 is 0 Å². The largest absolute Gasteiger partial charge is 0.461 e. The second-order valence-electron chi connectivity index (χ2n) is 8.81. The third-order valence-corrected chi connectivity index (χ3v) is 6.97. The fourth-order valence-corrected chi connectivity index (χ4v) is 5.47. The Hall–Kier alpha value is -0.860. The number of rotatable bonds is 3. The number of hydrogen-bond acceptors (Lipinski definition) is 3. The molecule has 124 valence electrons. The van der Waals surface area contributed by atoms with E-state index in [-0.39, 0.29) is 29.2 Å². The van der Waals surface area contributed by atoms with Crippen LogP contribution in [0.1, 0.15) is 66.7 Å². The second-order valence-corrected chi connectivity index (χ2v) is 8.81. The highest BCUT2D eigenvalue weighted by Crippen LogP contribution is 2.75. The highest BCUT2D eigenvalue weighted by molar-refractivity contribution is 6.10. The average Bonchev–Trinajstić information content (AvgIpc) is 2.72. The minimum atomic E-state index is -0.810. The van der Waals surface area contributed by atoms with Gasteiger partial charge in [-0.2, -0.15) is 0 Å². The van der Waals surface area contributed by atoms with Crippen LogP contribution in [0.5, 0.6) is 0 Å². The van der Waals surface area contributed by atoms with Crippen molar-refractivity contribution in [3.05, 3.63) is 0 Å². The monoisotopic (exact) mass is 306 g/mol. The third kappa shape index (κ3) is 2.00. The molecule has 0 radical (unpaired) electrons. The molecule has 0 N–H and O–H groups in total. The molecule has 3 aliphatic carbocycles. The van der Waals surface area contributed by atoms with E-state index in [1.165, 1.54) is 6.42 Å². The second kappa shape index (κ2) is 5.07. The molecule has 0 aromatic rings. The van der Waals surface area contributed by atoms with Gasteiger partial charge in [-0.3, -0.25) is 9.59 Å². The van der Waals surface area contributed by atoms with Crippen LogP contribution in [-0.4, -0.2) is 17.9 Å². The zero-order chi connectivity index (χ0) is 16.3. The number of carbonyl (C=O) groups is 2. The van der Waals surface area contributed by atoms with Gasteiger partial charge in [0.05, 0.1) is 0 Å². The van der Waals surface area contributed by atoms with Gasteiger partial charge >= 0.3 is 5.97 Å². The van der Waals surface area contributed by atoms with Crippen molar-refractivity contribution in [1.82, 2.24) is 0 Å². The van der Waals surface area contributed by atoms with Crippen LogP contribution < -0.4 is 0 Å². The van der Waals surface area contributed by atoms with Crippen molar-refractivity contribution in [3.8, 4) is 0 Å². The maximum Gasteiger partial charge on any atom is 0.320 e. The lowest BCUT2D eigenvalue weighted by Crippen LogP contribution is -2.40. The Bertz CT molecular complexity index is 493. The van der Waals surface area contributed by atoms with Gasteiger partial charge in [-0.15, -0.1) is 0 Å². The van der Waals surface area contributed by atoms with Crippen LogP contribution >= 0.6 is 0 Å². The fraction of sp³-hybridized carbons (Fsp3) is 0.895. The van der Waals surface area contributed by atoms with Gasteiger partial charge in [0.1, 0.15) is 11.5 Å². The minimum absolute atomic E-state index is 0.00363. The summed E-state index contributed by atoms with van der Waals surface area (Å²) in [6.07, 6.45) is 4.70. The summed E-state index contributed by atoms with van der Waals surface area (Å²) in [5, 5.41) is 0. The summed E-state index contributed by atoms with van der Waals surface area (Å²) in [7, 11) is 0. The minimum Gasteiger partial charge on any atom is -0.461 e. The number of carbonyl (C=O) groups excluding carboxylic acids is 2. The first kappa shape index (κ1) is 16.0. The molecule has 3 rings (SSSR count). The molecule has 0 unspecified atom stereocenters. The van der Waals surface area contributed by atoms with Crippen molar-refractivity contribution in [2.24, 2.45) is 34.5 Å². The first-order valence-electron chi connectivity index (χ1n) is 8.97. The zero-order valence-corrected chi connectivity index (χ0v) is 14.6. The molecule has 3 aliphatic rings. The number of fused-ring (bicyclic) bond motifs is 1. The molecule has 0 aliphatic heterocycles. The standard InChI is InChI=1S/C19H30O3/c1-11(2)13-7-6-12(3)10-14(13)22-17(21)19-15(18(19,4)5)8-9-16(19)20/h11-15H,6-10H2,1-5H3/t12-,13-,14+,15+,19+/m0/s1. The Kier molecular flexibility index (Phi) is 3.69. The van der Waals surface area contributed by atoms with Gasteiger partial charge < -0.3 is 4.74 Å². The Morgan fingerprint density at radius 2 is 1.91 bits per heavy atom. The highest BCUT2D eigenvalue weighted by atomic mass is 16.5. The SMILES string of the molecule is CC(C)[C@@H]1CC[C@H](C)C[C@H]1OC(=O)[C@]12C(=O)CC[C@@H]1C2(C)C. The molecule has 3 saturated carbocycles. The average molecular weight is 306 g/mol. The molecule has 0 aromatic heterocycles. The van der Waals surface area contributed by atoms with E-state index in [1.807, 2.05) is 0 Å². The van der Waals surface area contributed by atoms with E-state index in [4.69, 9.17) is 4.74 Å². The highest BCUT2D eigenvalue weighted by Gasteiger charge is 2.82. The van der Waals surface area contributed by atoms with E-state index in [0.717, 1.165) is 19.3 Å². The van der Waals surface area contributed by atoms with E-state index < -0.39 is 5.41 Å². The van der Waals surface area contributed by atoms with Crippen LogP contribution in [0.4, 0.5) is 0 Å². The Morgan fingerprint density at radius 1 is 1.23 bits per heavy atom. The van der Waals surface area contributed by atoms with E-state index in [2.05, 4.69) is 34.6 Å². The number of ether oxygens (including phenoxy) is 1. The molecule has 0 heterocycles. The lowest BCUT2D eigenvalue weighted by molar-refractivity contribution is -0.166. The van der Waals surface area contributed by atoms with Crippen molar-refractivity contribution in [3.63, 3.8) is 0 Å². The molecular formula is C19H30O3. The van der Waals surface area contributed by atoms with Crippen LogP contribution in [-0.2, 0) is 14.3 Å². The first-order chi connectivity index (χ1) is 10.2. The van der Waals surface area contributed by atoms with Crippen LogP contribution in [0.15, 0.2) is 0 Å². The van der Waals surface area contributed by atoms with Gasteiger partial charge in [-0.1, -0.05) is 41.0 Å². The van der Waals surface area contributed by atoms with Gasteiger partial charge in [-0.25, -0.2) is 0 Å². The van der Waals surface area contributed by atoms with Gasteiger partial charge in [0.15, 0.2) is 5.78 Å². The predicted molar refractivity (Wildman–Crippen MR) is 85.2 cm³/mol. The van der Waals surface area contributed by atoms with Crippen molar-refractivity contribution in [2.75, 3.05) is 0 Å². The maximum atomic E-state index is 12.9. The number of ketones is 1. The first-order valence-corrected chi connectivity index (χ1v) is 8.97. The Labute approximate surface area is 134 Å². The Balaban J connectivity index is 1.77. The zero-order valence-electron chi connectivity index (χ0n) is 14.6. The number of Topliss-reactive ketones (excluding diaryl/α,β-unsaturated/α-hetero) is 1. The maximum absolute atomic E-state index is 12.9. The van der Waals surface area contributed by atoms with Crippen LogP contribution in [0, 0.1) is 34.5 Å². The summed E-state index contributed by atoms with van der Waals surface area (Å²) in [5.74, 6) is 1.68. The summed E-state index contributed by atoms with van der Waals surface area (Å²) < 4.78 is 6.01. The van der Waals surface area contributed by atoms with E-state index in [9.17, 15) is 9.59 Å². The van der Waals surface area contributed by atoms with Crippen LogP contribution in [0.3, 0.4) is 0 Å². The summed E-state index contributed by atoms with van der Waals surface area (Å²) in [6.45, 7) is 10.8. The molecule has 3 nitrogen and oxygen atoms in total. The summed E-state index contributed by atoms with van der Waals surface area (Å²) >= 11 is 0. The van der Waals surface area contributed by atoms with Gasteiger partial charge in [-0.05, 0) is 48.3 Å². The molecule has 5 atom stereocenters. The third-order valence-electron chi connectivity index (χ3n) is 6.97. The van der Waals surface area contributed by atoms with Gasteiger partial charge in [0.2, 0.25) is 0 Å². The van der Waals surface area contributed by atoms with Gasteiger partial charge in [0.25, 0.3) is 0 Å². The lowest BCUT2D eigenvalue weighted by atomic mass is 9.75. The Morgan fingerprint density at radius 3 is 2.45 bits per heavy atom. The quantitative estimate of drug-likeness (QED) is 0.585. The molecule has 0 bridgehead atoms. The predicted octanol–water partition coefficient (Wildman–Crippen LogP) is 4.00. The molecule has 3 fully saturated rings. The summed E-state index contributed by atoms with van der Waals surface area (Å²) in [5.41, 5.74) is -1.01. The molecule has 22 heavy (non-hydrogen) atoms. The van der Waals surface area contributed by atoms with Gasteiger partial charge in [0, 0.05) is 6.42 Å². The molecule has 0 saturated heterocycles. The summed E-state index contributed by atoms with van der Waals surface area (Å²) in [6, 6.07) is 0. The molecule has 0 amide bonds. The van der Waals surface area contributed by atoms with E-state index in [1.54, 1.807) is 0 Å².